The van der Waals surface area contributed by atoms with Gasteiger partial charge in [-0.1, -0.05) is 18.2 Å². The van der Waals surface area contributed by atoms with Crippen LogP contribution in [-0.4, -0.2) is 55.8 Å². The van der Waals surface area contributed by atoms with Gasteiger partial charge < -0.3 is 5.32 Å². The second kappa shape index (κ2) is 8.34. The summed E-state index contributed by atoms with van der Waals surface area (Å²) in [5, 5.41) is 2.45. The van der Waals surface area contributed by atoms with Crippen LogP contribution in [0.5, 0.6) is 0 Å². The van der Waals surface area contributed by atoms with Gasteiger partial charge in [-0.25, -0.2) is 17.2 Å². The zero-order chi connectivity index (χ0) is 20.3. The van der Waals surface area contributed by atoms with Gasteiger partial charge in [-0.05, 0) is 31.2 Å². The van der Waals surface area contributed by atoms with E-state index in [0.29, 0.717) is 19.2 Å². The number of hydrogen-bond acceptors (Lipinski definition) is 4. The number of rotatable bonds is 5. The van der Waals surface area contributed by atoms with Gasteiger partial charge in [0.15, 0.2) is 0 Å². The van der Waals surface area contributed by atoms with Crippen LogP contribution in [0.2, 0.25) is 0 Å². The summed E-state index contributed by atoms with van der Waals surface area (Å²) in [6.45, 7) is 2.90. The quantitative estimate of drug-likeness (QED) is 0.823. The Balaban J connectivity index is 1.60. The van der Waals surface area contributed by atoms with Crippen molar-refractivity contribution in [3.05, 3.63) is 60.2 Å². The Hall–Kier alpha value is -2.36. The standard InChI is InChI=1S/C19H21F2N3O3S/c1-14(19(25)22-18-8-7-15(20)13-17(18)21)23-9-11-24(12-10-23)28(26,27)16-5-3-2-4-6-16/h2-8,13-14H,9-12H2,1H3,(H,22,25)/t14-/m0/s1. The van der Waals surface area contributed by atoms with E-state index in [2.05, 4.69) is 5.32 Å². The predicted molar refractivity (Wildman–Crippen MR) is 101 cm³/mol. The van der Waals surface area contributed by atoms with E-state index < -0.39 is 33.6 Å². The Kier molecular flexibility index (Phi) is 6.07. The molecule has 1 saturated heterocycles. The third-order valence-electron chi connectivity index (χ3n) is 4.77. The highest BCUT2D eigenvalue weighted by Gasteiger charge is 2.31. The molecule has 0 aliphatic carbocycles. The Morgan fingerprint density at radius 3 is 2.29 bits per heavy atom. The number of benzene rings is 2. The van der Waals surface area contributed by atoms with Crippen molar-refractivity contribution in [1.82, 2.24) is 9.21 Å². The molecule has 150 valence electrons. The Morgan fingerprint density at radius 2 is 1.68 bits per heavy atom. The van der Waals surface area contributed by atoms with Crippen molar-refractivity contribution in [3.63, 3.8) is 0 Å². The monoisotopic (exact) mass is 409 g/mol. The third-order valence-corrected chi connectivity index (χ3v) is 6.68. The van der Waals surface area contributed by atoms with Gasteiger partial charge in [0.25, 0.3) is 0 Å². The van der Waals surface area contributed by atoms with Crippen LogP contribution in [0.4, 0.5) is 14.5 Å². The zero-order valence-electron chi connectivity index (χ0n) is 15.3. The first-order chi connectivity index (χ1) is 13.3. The molecular weight excluding hydrogens is 388 g/mol. The highest BCUT2D eigenvalue weighted by Crippen LogP contribution is 2.19. The lowest BCUT2D eigenvalue weighted by Gasteiger charge is -2.36. The molecule has 6 nitrogen and oxygen atoms in total. The van der Waals surface area contributed by atoms with Crippen LogP contribution in [0, 0.1) is 11.6 Å². The lowest BCUT2D eigenvalue weighted by Crippen LogP contribution is -2.53. The van der Waals surface area contributed by atoms with Gasteiger partial charge in [0.2, 0.25) is 15.9 Å². The maximum atomic E-state index is 13.7. The maximum Gasteiger partial charge on any atom is 0.243 e. The smallest absolute Gasteiger partial charge is 0.243 e. The summed E-state index contributed by atoms with van der Waals surface area (Å²) in [5.74, 6) is -2.01. The molecule has 0 radical (unpaired) electrons. The molecule has 0 unspecified atom stereocenters. The second-order valence-electron chi connectivity index (χ2n) is 6.54. The maximum absolute atomic E-state index is 13.7. The number of piperazine rings is 1. The average molecular weight is 409 g/mol. The average Bonchev–Trinajstić information content (AvgIpc) is 2.70. The fraction of sp³-hybridized carbons (Fsp3) is 0.316. The number of sulfonamides is 1. The van der Waals surface area contributed by atoms with E-state index in [1.165, 1.54) is 10.4 Å². The summed E-state index contributed by atoms with van der Waals surface area (Å²) < 4.78 is 53.4. The molecule has 1 N–H and O–H groups in total. The molecule has 9 heteroatoms. The normalized spacial score (nSPS) is 17.2. The highest BCUT2D eigenvalue weighted by molar-refractivity contribution is 7.89. The number of halogens is 2. The molecular formula is C19H21F2N3O3S. The Morgan fingerprint density at radius 1 is 1.04 bits per heavy atom. The molecule has 1 aliphatic rings. The van der Waals surface area contributed by atoms with Gasteiger partial charge >= 0.3 is 0 Å². The van der Waals surface area contributed by atoms with E-state index in [4.69, 9.17) is 0 Å². The van der Waals surface area contributed by atoms with Crippen molar-refractivity contribution in [2.75, 3.05) is 31.5 Å². The van der Waals surface area contributed by atoms with Crippen LogP contribution in [0.25, 0.3) is 0 Å². The van der Waals surface area contributed by atoms with Gasteiger partial charge in [-0.3, -0.25) is 9.69 Å². The molecule has 28 heavy (non-hydrogen) atoms. The molecule has 0 spiro atoms. The van der Waals surface area contributed by atoms with E-state index in [-0.39, 0.29) is 23.7 Å². The van der Waals surface area contributed by atoms with E-state index in [1.807, 2.05) is 4.90 Å². The lowest BCUT2D eigenvalue weighted by molar-refractivity contribution is -0.121. The van der Waals surface area contributed by atoms with E-state index in [0.717, 1.165) is 6.07 Å². The van der Waals surface area contributed by atoms with Crippen molar-refractivity contribution in [3.8, 4) is 0 Å². The van der Waals surface area contributed by atoms with Gasteiger partial charge in [0, 0.05) is 32.2 Å². The minimum atomic E-state index is -3.57. The minimum absolute atomic E-state index is 0.0939. The van der Waals surface area contributed by atoms with E-state index in [1.54, 1.807) is 37.3 Å². The first-order valence-electron chi connectivity index (χ1n) is 8.84. The number of amides is 1. The number of carbonyl (C=O) groups is 1. The number of anilines is 1. The number of nitrogens with zero attached hydrogens (tertiary/aromatic N) is 2. The van der Waals surface area contributed by atoms with Crippen LogP contribution in [0.1, 0.15) is 6.92 Å². The van der Waals surface area contributed by atoms with Crippen molar-refractivity contribution >= 4 is 21.6 Å². The van der Waals surface area contributed by atoms with E-state index in [9.17, 15) is 22.0 Å². The summed E-state index contributed by atoms with van der Waals surface area (Å²) in [6.07, 6.45) is 0. The van der Waals surface area contributed by atoms with Crippen LogP contribution in [0.3, 0.4) is 0 Å². The third kappa shape index (κ3) is 4.37. The fourth-order valence-electron chi connectivity index (χ4n) is 3.07. The SMILES string of the molecule is C[C@@H](C(=O)Nc1ccc(F)cc1F)N1CCN(S(=O)(=O)c2ccccc2)CC1. The zero-order valence-corrected chi connectivity index (χ0v) is 16.1. The summed E-state index contributed by atoms with van der Waals surface area (Å²) >= 11 is 0. The number of nitrogens with one attached hydrogen (secondary N) is 1. The van der Waals surface area contributed by atoms with Crippen molar-refractivity contribution < 1.29 is 22.0 Å². The lowest BCUT2D eigenvalue weighted by atomic mass is 10.2. The molecule has 0 saturated carbocycles. The molecule has 1 aliphatic heterocycles. The first-order valence-corrected chi connectivity index (χ1v) is 10.3. The Labute approximate surface area is 162 Å². The first kappa shape index (κ1) is 20.4. The van der Waals surface area contributed by atoms with Gasteiger partial charge in [0.1, 0.15) is 11.6 Å². The summed E-state index contributed by atoms with van der Waals surface area (Å²) in [4.78, 5) is 14.5. The van der Waals surface area contributed by atoms with Crippen LogP contribution < -0.4 is 5.32 Å². The van der Waals surface area contributed by atoms with Gasteiger partial charge in [-0.15, -0.1) is 0 Å². The molecule has 1 heterocycles. The fourth-order valence-corrected chi connectivity index (χ4v) is 4.51. The van der Waals surface area contributed by atoms with Crippen LogP contribution >= 0.6 is 0 Å². The van der Waals surface area contributed by atoms with Crippen molar-refractivity contribution in [2.24, 2.45) is 0 Å². The number of hydrogen-bond donors (Lipinski definition) is 1. The van der Waals surface area contributed by atoms with Crippen molar-refractivity contribution in [2.45, 2.75) is 17.9 Å². The second-order valence-corrected chi connectivity index (χ2v) is 8.48. The molecule has 1 fully saturated rings. The number of carbonyl (C=O) groups excluding carboxylic acids is 1. The van der Waals surface area contributed by atoms with E-state index >= 15 is 0 Å². The Bertz CT molecular complexity index is 946. The summed E-state index contributed by atoms with van der Waals surface area (Å²) in [7, 11) is -3.57. The van der Waals surface area contributed by atoms with Gasteiger partial charge in [0.05, 0.1) is 16.6 Å². The molecule has 1 atom stereocenters. The highest BCUT2D eigenvalue weighted by atomic mass is 32.2. The summed E-state index contributed by atoms with van der Waals surface area (Å²) in [6, 6.07) is 10.5. The molecule has 3 rings (SSSR count). The topological polar surface area (TPSA) is 69.7 Å². The van der Waals surface area contributed by atoms with Crippen molar-refractivity contribution in [1.29, 1.82) is 0 Å². The molecule has 1 amide bonds. The predicted octanol–water partition coefficient (Wildman–Crippen LogP) is 2.30. The summed E-state index contributed by atoms with van der Waals surface area (Å²) in [5.41, 5.74) is -0.0939. The van der Waals surface area contributed by atoms with Gasteiger partial charge in [-0.2, -0.15) is 4.31 Å². The largest absolute Gasteiger partial charge is 0.322 e. The van der Waals surface area contributed by atoms with Crippen LogP contribution in [0.15, 0.2) is 53.4 Å². The minimum Gasteiger partial charge on any atom is -0.322 e. The molecule has 0 aromatic heterocycles. The molecule has 0 bridgehead atoms. The van der Waals surface area contributed by atoms with Crippen LogP contribution in [-0.2, 0) is 14.8 Å². The molecule has 2 aromatic carbocycles. The molecule has 2 aromatic rings.